The molecule has 2 saturated heterocycles. The maximum Gasteiger partial charge on any atom is 0.222 e. The Morgan fingerprint density at radius 1 is 1.08 bits per heavy atom. The first-order chi connectivity index (χ1) is 11.6. The van der Waals surface area contributed by atoms with Crippen molar-refractivity contribution in [1.29, 1.82) is 0 Å². The van der Waals surface area contributed by atoms with Crippen LogP contribution in [0.1, 0.15) is 25.7 Å². The standard InChI is InChI=1S/C18H25F2N3O.2ClH/c19-15-2-3-16(20)17(13-15)22-9-11-23(12-10-22)18(24)4-1-14-5-7-21-8-6-14;;/h2-3,13-14,21H,1,4-12H2;2*1H. The van der Waals surface area contributed by atoms with E-state index in [1.807, 2.05) is 9.80 Å². The van der Waals surface area contributed by atoms with Gasteiger partial charge in [0.2, 0.25) is 5.91 Å². The molecule has 2 aliphatic heterocycles. The molecular formula is C18H27Cl2F2N3O. The molecule has 8 heteroatoms. The molecule has 26 heavy (non-hydrogen) atoms. The van der Waals surface area contributed by atoms with Crippen molar-refractivity contribution < 1.29 is 13.6 Å². The van der Waals surface area contributed by atoms with Gasteiger partial charge in [0.25, 0.3) is 0 Å². The van der Waals surface area contributed by atoms with Crippen molar-refractivity contribution in [2.45, 2.75) is 25.7 Å². The van der Waals surface area contributed by atoms with Gasteiger partial charge in [-0.15, -0.1) is 24.8 Å². The largest absolute Gasteiger partial charge is 0.366 e. The Morgan fingerprint density at radius 2 is 1.73 bits per heavy atom. The molecule has 0 unspecified atom stereocenters. The van der Waals surface area contributed by atoms with Gasteiger partial charge in [-0.25, -0.2) is 8.78 Å². The van der Waals surface area contributed by atoms with E-state index in [4.69, 9.17) is 0 Å². The predicted octanol–water partition coefficient (Wildman–Crippen LogP) is 3.24. The molecule has 2 heterocycles. The van der Waals surface area contributed by atoms with Crippen molar-refractivity contribution in [2.75, 3.05) is 44.2 Å². The average molecular weight is 410 g/mol. The zero-order valence-electron chi connectivity index (χ0n) is 14.8. The van der Waals surface area contributed by atoms with Gasteiger partial charge in [-0.3, -0.25) is 4.79 Å². The van der Waals surface area contributed by atoms with E-state index in [9.17, 15) is 13.6 Å². The van der Waals surface area contributed by atoms with Crippen LogP contribution in [0.3, 0.4) is 0 Å². The number of halogens is 4. The summed E-state index contributed by atoms with van der Waals surface area (Å²) in [7, 11) is 0. The molecule has 0 saturated carbocycles. The Hall–Kier alpha value is -1.11. The van der Waals surface area contributed by atoms with Crippen molar-refractivity contribution in [2.24, 2.45) is 5.92 Å². The van der Waals surface area contributed by atoms with Crippen molar-refractivity contribution >= 4 is 36.4 Å². The molecule has 2 aliphatic rings. The van der Waals surface area contributed by atoms with Gasteiger partial charge in [0.15, 0.2) is 0 Å². The SMILES string of the molecule is Cl.Cl.O=C(CCC1CCNCC1)N1CCN(c2cc(F)ccc2F)CC1. The van der Waals surface area contributed by atoms with Gasteiger partial charge in [0, 0.05) is 38.7 Å². The highest BCUT2D eigenvalue weighted by atomic mass is 35.5. The molecule has 0 aliphatic carbocycles. The first-order valence-electron chi connectivity index (χ1n) is 8.82. The van der Waals surface area contributed by atoms with E-state index in [2.05, 4.69) is 5.32 Å². The molecule has 148 valence electrons. The minimum atomic E-state index is -0.438. The van der Waals surface area contributed by atoms with E-state index >= 15 is 0 Å². The molecule has 1 N–H and O–H groups in total. The summed E-state index contributed by atoms with van der Waals surface area (Å²) < 4.78 is 27.2. The zero-order chi connectivity index (χ0) is 16.9. The Kier molecular flexibility index (Phi) is 9.61. The number of anilines is 1. The van der Waals surface area contributed by atoms with Crippen molar-refractivity contribution in [3.63, 3.8) is 0 Å². The average Bonchev–Trinajstić information content (AvgIpc) is 2.63. The summed E-state index contributed by atoms with van der Waals surface area (Å²) in [5.41, 5.74) is 0.289. The molecule has 0 bridgehead atoms. The number of carbonyl (C=O) groups is 1. The molecule has 0 atom stereocenters. The van der Waals surface area contributed by atoms with Crippen LogP contribution in [0.15, 0.2) is 18.2 Å². The third kappa shape index (κ3) is 5.96. The number of rotatable bonds is 4. The minimum Gasteiger partial charge on any atom is -0.366 e. The summed E-state index contributed by atoms with van der Waals surface area (Å²) in [6, 6.07) is 3.50. The van der Waals surface area contributed by atoms with E-state index in [0.717, 1.165) is 44.5 Å². The van der Waals surface area contributed by atoms with Crippen LogP contribution in [0.5, 0.6) is 0 Å². The lowest BCUT2D eigenvalue weighted by Crippen LogP contribution is -2.49. The third-order valence-electron chi connectivity index (χ3n) is 5.11. The smallest absolute Gasteiger partial charge is 0.222 e. The first-order valence-corrected chi connectivity index (χ1v) is 8.82. The van der Waals surface area contributed by atoms with E-state index in [1.165, 1.54) is 6.07 Å². The number of piperidine rings is 1. The van der Waals surface area contributed by atoms with E-state index in [0.29, 0.717) is 38.5 Å². The third-order valence-corrected chi connectivity index (χ3v) is 5.11. The predicted molar refractivity (Wildman–Crippen MR) is 104 cm³/mol. The lowest BCUT2D eigenvalue weighted by Gasteiger charge is -2.36. The highest BCUT2D eigenvalue weighted by Gasteiger charge is 2.24. The number of nitrogens with one attached hydrogen (secondary N) is 1. The van der Waals surface area contributed by atoms with Crippen LogP contribution in [0, 0.1) is 17.6 Å². The quantitative estimate of drug-likeness (QED) is 0.828. The number of benzene rings is 1. The molecule has 3 rings (SSSR count). The van der Waals surface area contributed by atoms with Crippen molar-refractivity contribution in [1.82, 2.24) is 10.2 Å². The highest BCUT2D eigenvalue weighted by Crippen LogP contribution is 2.23. The Labute approximate surface area is 166 Å². The molecule has 2 fully saturated rings. The minimum absolute atomic E-state index is 0. The highest BCUT2D eigenvalue weighted by molar-refractivity contribution is 5.85. The maximum atomic E-state index is 13.8. The molecular weight excluding hydrogens is 383 g/mol. The van der Waals surface area contributed by atoms with Crippen LogP contribution in [0.4, 0.5) is 14.5 Å². The van der Waals surface area contributed by atoms with Crippen LogP contribution in [-0.2, 0) is 4.79 Å². The molecule has 4 nitrogen and oxygen atoms in total. The molecule has 0 radical (unpaired) electrons. The van der Waals surface area contributed by atoms with Crippen molar-refractivity contribution in [3.8, 4) is 0 Å². The van der Waals surface area contributed by atoms with E-state index in [1.54, 1.807) is 0 Å². The fourth-order valence-corrected chi connectivity index (χ4v) is 3.58. The Balaban J connectivity index is 0.00000169. The fraction of sp³-hybridized carbons (Fsp3) is 0.611. The van der Waals surface area contributed by atoms with Crippen molar-refractivity contribution in [3.05, 3.63) is 29.8 Å². The summed E-state index contributed by atoms with van der Waals surface area (Å²) in [5.74, 6) is -0.0141. The Morgan fingerprint density at radius 3 is 2.38 bits per heavy atom. The van der Waals surface area contributed by atoms with Crippen LogP contribution >= 0.6 is 24.8 Å². The lowest BCUT2D eigenvalue weighted by molar-refractivity contribution is -0.131. The number of hydrogen-bond acceptors (Lipinski definition) is 3. The number of amides is 1. The summed E-state index contributed by atoms with van der Waals surface area (Å²) in [5, 5.41) is 3.34. The fourth-order valence-electron chi connectivity index (χ4n) is 3.58. The monoisotopic (exact) mass is 409 g/mol. The number of nitrogens with zero attached hydrogens (tertiary/aromatic N) is 2. The van der Waals surface area contributed by atoms with Gasteiger partial charge in [0.05, 0.1) is 5.69 Å². The van der Waals surface area contributed by atoms with E-state index < -0.39 is 11.6 Å². The first kappa shape index (κ1) is 22.9. The number of piperazine rings is 1. The molecule has 0 spiro atoms. The van der Waals surface area contributed by atoms with Crippen LogP contribution in [0.2, 0.25) is 0 Å². The molecule has 1 amide bonds. The second-order valence-corrected chi connectivity index (χ2v) is 6.70. The normalized spacial score (nSPS) is 18.1. The van der Waals surface area contributed by atoms with Gasteiger partial charge in [-0.05, 0) is 50.4 Å². The van der Waals surface area contributed by atoms with Gasteiger partial charge in [-0.2, -0.15) is 0 Å². The summed E-state index contributed by atoms with van der Waals surface area (Å²) >= 11 is 0. The van der Waals surface area contributed by atoms with E-state index in [-0.39, 0.29) is 36.4 Å². The van der Waals surface area contributed by atoms with Crippen LogP contribution in [0.25, 0.3) is 0 Å². The molecule has 1 aromatic carbocycles. The van der Waals surface area contributed by atoms with Crippen LogP contribution in [-0.4, -0.2) is 50.1 Å². The van der Waals surface area contributed by atoms with Crippen LogP contribution < -0.4 is 10.2 Å². The lowest BCUT2D eigenvalue weighted by atomic mass is 9.93. The van der Waals surface area contributed by atoms with Gasteiger partial charge < -0.3 is 15.1 Å². The van der Waals surface area contributed by atoms with Gasteiger partial charge in [0.1, 0.15) is 11.6 Å². The summed E-state index contributed by atoms with van der Waals surface area (Å²) in [6.07, 6.45) is 3.86. The maximum absolute atomic E-state index is 13.8. The Bertz CT molecular complexity index is 578. The second-order valence-electron chi connectivity index (χ2n) is 6.70. The van der Waals surface area contributed by atoms with Gasteiger partial charge in [-0.1, -0.05) is 0 Å². The zero-order valence-corrected chi connectivity index (χ0v) is 16.4. The number of hydrogen-bond donors (Lipinski definition) is 1. The topological polar surface area (TPSA) is 35.6 Å². The summed E-state index contributed by atoms with van der Waals surface area (Å²) in [6.45, 7) is 4.33. The summed E-state index contributed by atoms with van der Waals surface area (Å²) in [4.78, 5) is 16.0. The number of carbonyl (C=O) groups excluding carboxylic acids is 1. The molecule has 0 aromatic heterocycles. The van der Waals surface area contributed by atoms with Gasteiger partial charge >= 0.3 is 0 Å². The molecule has 1 aromatic rings. The second kappa shape index (κ2) is 10.9.